The van der Waals surface area contributed by atoms with Crippen molar-refractivity contribution < 1.29 is 4.79 Å². The zero-order chi connectivity index (χ0) is 16.9. The molecule has 0 saturated carbocycles. The van der Waals surface area contributed by atoms with Crippen molar-refractivity contribution in [3.63, 3.8) is 0 Å². The Morgan fingerprint density at radius 3 is 2.71 bits per heavy atom. The van der Waals surface area contributed by atoms with E-state index in [4.69, 9.17) is 0 Å². The molecule has 2 heterocycles. The average Bonchev–Trinajstić information content (AvgIpc) is 2.64. The molecule has 0 unspecified atom stereocenters. The second-order valence-electron chi connectivity index (χ2n) is 5.98. The lowest BCUT2D eigenvalue weighted by atomic mass is 10.1. The van der Waals surface area contributed by atoms with Crippen LogP contribution in [0.3, 0.4) is 0 Å². The third-order valence-corrected chi connectivity index (χ3v) is 4.43. The molecule has 1 fully saturated rings. The molecule has 1 aliphatic rings. The van der Waals surface area contributed by atoms with Crippen molar-refractivity contribution in [2.45, 2.75) is 20.3 Å². The summed E-state index contributed by atoms with van der Waals surface area (Å²) in [4.78, 5) is 23.6. The topological polar surface area (TPSA) is 61.4 Å². The number of piperazine rings is 1. The standard InChI is InChI=1S/C18H23N5O/c1-3-15-6-4-5-14(2)18(15)21-16-11-17(20-12-19-16)23-9-7-22(13-24)8-10-23/h4-6,11-13H,3,7-10H2,1-2H3,(H,19,20,21). The molecule has 0 atom stereocenters. The van der Waals surface area contributed by atoms with E-state index < -0.39 is 0 Å². The van der Waals surface area contributed by atoms with Gasteiger partial charge < -0.3 is 15.1 Å². The van der Waals surface area contributed by atoms with Gasteiger partial charge in [-0.3, -0.25) is 4.79 Å². The third kappa shape index (κ3) is 3.48. The number of rotatable bonds is 5. The number of nitrogens with one attached hydrogen (secondary N) is 1. The zero-order valence-electron chi connectivity index (χ0n) is 14.2. The van der Waals surface area contributed by atoms with Crippen LogP contribution in [-0.4, -0.2) is 47.5 Å². The number of benzene rings is 1. The van der Waals surface area contributed by atoms with Crippen molar-refractivity contribution in [3.8, 4) is 0 Å². The first kappa shape index (κ1) is 16.2. The van der Waals surface area contributed by atoms with Gasteiger partial charge in [0.05, 0.1) is 0 Å². The Labute approximate surface area is 142 Å². The summed E-state index contributed by atoms with van der Waals surface area (Å²) in [7, 11) is 0. The fourth-order valence-electron chi connectivity index (χ4n) is 2.97. The Balaban J connectivity index is 1.78. The highest BCUT2D eigenvalue weighted by molar-refractivity contribution is 5.66. The second kappa shape index (κ2) is 7.29. The summed E-state index contributed by atoms with van der Waals surface area (Å²) in [6, 6.07) is 8.29. The number of aromatic nitrogens is 2. The summed E-state index contributed by atoms with van der Waals surface area (Å²) in [6.07, 6.45) is 3.47. The highest BCUT2D eigenvalue weighted by atomic mass is 16.1. The zero-order valence-corrected chi connectivity index (χ0v) is 14.2. The van der Waals surface area contributed by atoms with E-state index in [0.29, 0.717) is 0 Å². The van der Waals surface area contributed by atoms with E-state index in [-0.39, 0.29) is 0 Å². The molecule has 1 aliphatic heterocycles. The number of para-hydroxylation sites is 1. The maximum absolute atomic E-state index is 10.8. The van der Waals surface area contributed by atoms with E-state index in [1.807, 2.05) is 6.07 Å². The van der Waals surface area contributed by atoms with E-state index in [1.54, 1.807) is 11.2 Å². The lowest BCUT2D eigenvalue weighted by Crippen LogP contribution is -2.46. The molecular formula is C18H23N5O. The summed E-state index contributed by atoms with van der Waals surface area (Å²) >= 11 is 0. The summed E-state index contributed by atoms with van der Waals surface area (Å²) in [6.45, 7) is 7.29. The highest BCUT2D eigenvalue weighted by Crippen LogP contribution is 2.25. The maximum Gasteiger partial charge on any atom is 0.209 e. The summed E-state index contributed by atoms with van der Waals surface area (Å²) in [5, 5.41) is 3.45. The molecule has 0 aliphatic carbocycles. The second-order valence-corrected chi connectivity index (χ2v) is 5.98. The molecule has 126 valence electrons. The lowest BCUT2D eigenvalue weighted by molar-refractivity contribution is -0.118. The van der Waals surface area contributed by atoms with Crippen LogP contribution in [0.2, 0.25) is 0 Å². The van der Waals surface area contributed by atoms with E-state index >= 15 is 0 Å². The normalized spacial score (nSPS) is 14.6. The fraction of sp³-hybridized carbons (Fsp3) is 0.389. The van der Waals surface area contributed by atoms with Crippen LogP contribution in [-0.2, 0) is 11.2 Å². The van der Waals surface area contributed by atoms with E-state index in [2.05, 4.69) is 52.2 Å². The lowest BCUT2D eigenvalue weighted by Gasteiger charge is -2.33. The molecule has 1 saturated heterocycles. The number of carbonyl (C=O) groups excluding carboxylic acids is 1. The van der Waals surface area contributed by atoms with Gasteiger partial charge in [0, 0.05) is 37.9 Å². The Morgan fingerprint density at radius 2 is 2.00 bits per heavy atom. The monoisotopic (exact) mass is 325 g/mol. The van der Waals surface area contributed by atoms with Crippen molar-refractivity contribution >= 4 is 23.7 Å². The molecule has 6 heteroatoms. The number of amides is 1. The van der Waals surface area contributed by atoms with Gasteiger partial charge in [0.15, 0.2) is 0 Å². The quantitative estimate of drug-likeness (QED) is 0.855. The van der Waals surface area contributed by atoms with Gasteiger partial charge in [-0.05, 0) is 24.5 Å². The Kier molecular flexibility index (Phi) is 4.93. The molecule has 0 radical (unpaired) electrons. The number of hydrogen-bond acceptors (Lipinski definition) is 5. The van der Waals surface area contributed by atoms with Crippen LogP contribution in [0, 0.1) is 6.92 Å². The van der Waals surface area contributed by atoms with Gasteiger partial charge in [0.1, 0.15) is 18.0 Å². The first-order valence-electron chi connectivity index (χ1n) is 8.33. The highest BCUT2D eigenvalue weighted by Gasteiger charge is 2.17. The first-order valence-corrected chi connectivity index (χ1v) is 8.33. The average molecular weight is 325 g/mol. The smallest absolute Gasteiger partial charge is 0.209 e. The predicted molar refractivity (Wildman–Crippen MR) is 95.7 cm³/mol. The van der Waals surface area contributed by atoms with Gasteiger partial charge in [0.2, 0.25) is 6.41 Å². The van der Waals surface area contributed by atoms with Crippen LogP contribution in [0.5, 0.6) is 0 Å². The van der Waals surface area contributed by atoms with Crippen molar-refractivity contribution in [1.29, 1.82) is 0 Å². The van der Waals surface area contributed by atoms with Gasteiger partial charge in [0.25, 0.3) is 0 Å². The van der Waals surface area contributed by atoms with Crippen molar-refractivity contribution in [1.82, 2.24) is 14.9 Å². The molecule has 3 rings (SSSR count). The summed E-state index contributed by atoms with van der Waals surface area (Å²) < 4.78 is 0. The third-order valence-electron chi connectivity index (χ3n) is 4.43. The van der Waals surface area contributed by atoms with Crippen molar-refractivity contribution in [3.05, 3.63) is 41.7 Å². The van der Waals surface area contributed by atoms with Crippen molar-refractivity contribution in [2.75, 3.05) is 36.4 Å². The molecule has 24 heavy (non-hydrogen) atoms. The maximum atomic E-state index is 10.8. The van der Waals surface area contributed by atoms with Crippen LogP contribution in [0.15, 0.2) is 30.6 Å². The van der Waals surface area contributed by atoms with E-state index in [1.165, 1.54) is 11.1 Å². The number of aryl methyl sites for hydroxylation is 2. The van der Waals surface area contributed by atoms with Gasteiger partial charge >= 0.3 is 0 Å². The molecule has 1 N–H and O–H groups in total. The van der Waals surface area contributed by atoms with Crippen LogP contribution >= 0.6 is 0 Å². The number of anilines is 3. The number of hydrogen-bond donors (Lipinski definition) is 1. The van der Waals surface area contributed by atoms with E-state index in [9.17, 15) is 4.79 Å². The van der Waals surface area contributed by atoms with Crippen LogP contribution < -0.4 is 10.2 Å². The molecular weight excluding hydrogens is 302 g/mol. The predicted octanol–water partition coefficient (Wildman–Crippen LogP) is 2.37. The van der Waals surface area contributed by atoms with Crippen LogP contribution in [0.25, 0.3) is 0 Å². The molecule has 0 bridgehead atoms. The molecule has 1 aromatic heterocycles. The molecule has 1 aromatic carbocycles. The van der Waals surface area contributed by atoms with E-state index in [0.717, 1.165) is 56.3 Å². The van der Waals surface area contributed by atoms with Crippen molar-refractivity contribution in [2.24, 2.45) is 0 Å². The molecule has 2 aromatic rings. The summed E-state index contributed by atoms with van der Waals surface area (Å²) in [5.74, 6) is 1.69. The Bertz CT molecular complexity index is 710. The SMILES string of the molecule is CCc1cccc(C)c1Nc1cc(N2CCN(C=O)CC2)ncn1. The summed E-state index contributed by atoms with van der Waals surface area (Å²) in [5.41, 5.74) is 3.60. The molecule has 6 nitrogen and oxygen atoms in total. The molecule has 1 amide bonds. The minimum atomic E-state index is 0.730. The number of nitrogens with zero attached hydrogens (tertiary/aromatic N) is 4. The van der Waals surface area contributed by atoms with Gasteiger partial charge in [-0.15, -0.1) is 0 Å². The minimum absolute atomic E-state index is 0.730. The minimum Gasteiger partial charge on any atom is -0.353 e. The first-order chi connectivity index (χ1) is 11.7. The fourth-order valence-corrected chi connectivity index (χ4v) is 2.97. The van der Waals surface area contributed by atoms with Crippen LogP contribution in [0.1, 0.15) is 18.1 Å². The van der Waals surface area contributed by atoms with Gasteiger partial charge in [-0.1, -0.05) is 25.1 Å². The van der Waals surface area contributed by atoms with Gasteiger partial charge in [-0.2, -0.15) is 0 Å². The largest absolute Gasteiger partial charge is 0.353 e. The van der Waals surface area contributed by atoms with Gasteiger partial charge in [-0.25, -0.2) is 9.97 Å². The number of carbonyl (C=O) groups is 1. The Hall–Kier alpha value is -2.63. The van der Waals surface area contributed by atoms with Crippen LogP contribution in [0.4, 0.5) is 17.3 Å². The Morgan fingerprint density at radius 1 is 1.21 bits per heavy atom. The molecule has 0 spiro atoms.